The number of halogens is 1. The van der Waals surface area contributed by atoms with Crippen molar-refractivity contribution in [3.05, 3.63) is 72.4 Å². The number of fused-ring (bicyclic) bond motifs is 5. The van der Waals surface area contributed by atoms with Crippen LogP contribution in [0.4, 0.5) is 10.1 Å². The summed E-state index contributed by atoms with van der Waals surface area (Å²) in [5.74, 6) is 1.30. The van der Waals surface area contributed by atoms with E-state index in [-0.39, 0.29) is 5.82 Å². The average Bonchev–Trinajstić information content (AvgIpc) is 3.53. The van der Waals surface area contributed by atoms with Gasteiger partial charge in [-0.15, -0.1) is 10.2 Å². The first-order valence-electron chi connectivity index (χ1n) is 11.4. The number of rotatable bonds is 4. The molecule has 6 rings (SSSR count). The van der Waals surface area contributed by atoms with Crippen LogP contribution in [0.3, 0.4) is 0 Å². The van der Waals surface area contributed by atoms with Crippen LogP contribution >= 0.6 is 0 Å². The van der Waals surface area contributed by atoms with Crippen molar-refractivity contribution in [2.24, 2.45) is 5.92 Å². The Balaban J connectivity index is 1.37. The maximum Gasteiger partial charge on any atom is 0.185 e. The number of nitrogens with zero attached hydrogens (tertiary/aromatic N) is 6. The Labute approximate surface area is 192 Å². The monoisotopic (exact) mass is 442 g/mol. The van der Waals surface area contributed by atoms with Gasteiger partial charge in [0, 0.05) is 43.6 Å². The summed E-state index contributed by atoms with van der Waals surface area (Å²) in [5.41, 5.74) is 6.68. The predicted molar refractivity (Wildman–Crippen MR) is 128 cm³/mol. The summed E-state index contributed by atoms with van der Waals surface area (Å²) in [7, 11) is 4.30. The highest BCUT2D eigenvalue weighted by Gasteiger charge is 2.26. The van der Waals surface area contributed by atoms with E-state index in [1.54, 1.807) is 6.33 Å². The zero-order valence-corrected chi connectivity index (χ0v) is 18.9. The van der Waals surface area contributed by atoms with E-state index >= 15 is 0 Å². The molecule has 168 valence electrons. The molecule has 4 heterocycles. The summed E-state index contributed by atoms with van der Waals surface area (Å²) < 4.78 is 17.7. The molecule has 2 aromatic heterocycles. The number of hydrogen-bond donors (Lipinski definition) is 0. The number of aromatic nitrogens is 4. The van der Waals surface area contributed by atoms with E-state index in [2.05, 4.69) is 73.7 Å². The summed E-state index contributed by atoms with van der Waals surface area (Å²) in [6.45, 7) is 4.07. The minimum atomic E-state index is -0.226. The van der Waals surface area contributed by atoms with Gasteiger partial charge in [0.25, 0.3) is 0 Å². The molecule has 0 radical (unpaired) electrons. The average molecular weight is 443 g/mol. The Kier molecular flexibility index (Phi) is 4.80. The molecule has 1 fully saturated rings. The molecule has 0 bridgehead atoms. The molecule has 1 saturated heterocycles. The fourth-order valence-electron chi connectivity index (χ4n) is 5.26. The highest BCUT2D eigenvalue weighted by Crippen LogP contribution is 2.35. The molecule has 0 amide bonds. The van der Waals surface area contributed by atoms with E-state index < -0.39 is 0 Å². The molecule has 2 aliphatic rings. The third-order valence-electron chi connectivity index (χ3n) is 6.79. The lowest BCUT2D eigenvalue weighted by Gasteiger charge is -2.22. The molecular weight excluding hydrogens is 415 g/mol. The van der Waals surface area contributed by atoms with Gasteiger partial charge in [-0.25, -0.2) is 4.39 Å². The van der Waals surface area contributed by atoms with Gasteiger partial charge < -0.3 is 14.4 Å². The summed E-state index contributed by atoms with van der Waals surface area (Å²) in [6.07, 6.45) is 5.15. The largest absolute Gasteiger partial charge is 0.371 e. The van der Waals surface area contributed by atoms with Crippen LogP contribution in [0.25, 0.3) is 28.3 Å². The van der Waals surface area contributed by atoms with Crippen LogP contribution in [0.15, 0.2) is 61.1 Å². The maximum absolute atomic E-state index is 13.4. The predicted octanol–water partition coefficient (Wildman–Crippen LogP) is 4.29. The van der Waals surface area contributed by atoms with Gasteiger partial charge in [-0.1, -0.05) is 12.1 Å². The van der Waals surface area contributed by atoms with E-state index in [1.165, 1.54) is 29.8 Å². The second kappa shape index (κ2) is 7.85. The van der Waals surface area contributed by atoms with Crippen molar-refractivity contribution in [1.29, 1.82) is 0 Å². The van der Waals surface area contributed by atoms with E-state index in [9.17, 15) is 4.39 Å². The van der Waals surface area contributed by atoms with Gasteiger partial charge >= 0.3 is 0 Å². The van der Waals surface area contributed by atoms with Crippen LogP contribution in [0.2, 0.25) is 0 Å². The van der Waals surface area contributed by atoms with Crippen LogP contribution in [-0.4, -0.2) is 58.0 Å². The van der Waals surface area contributed by atoms with Gasteiger partial charge in [-0.3, -0.25) is 4.57 Å². The molecule has 0 spiro atoms. The van der Waals surface area contributed by atoms with Gasteiger partial charge in [-0.2, -0.15) is 0 Å². The van der Waals surface area contributed by atoms with Crippen molar-refractivity contribution >= 4 is 5.69 Å². The van der Waals surface area contributed by atoms with Crippen molar-refractivity contribution in [1.82, 2.24) is 24.2 Å². The normalized spacial score (nSPS) is 17.1. The van der Waals surface area contributed by atoms with Gasteiger partial charge in [0.1, 0.15) is 12.1 Å². The Morgan fingerprint density at radius 2 is 1.91 bits per heavy atom. The fraction of sp³-hybridized carbons (Fsp3) is 0.308. The summed E-state index contributed by atoms with van der Waals surface area (Å²) in [6, 6.07) is 15.5. The molecule has 0 aliphatic carbocycles. The molecule has 7 heteroatoms. The summed E-state index contributed by atoms with van der Waals surface area (Å²) in [4.78, 5) is 4.79. The van der Waals surface area contributed by atoms with Crippen molar-refractivity contribution in [3.63, 3.8) is 0 Å². The Bertz CT molecular complexity index is 1300. The fourth-order valence-corrected chi connectivity index (χ4v) is 5.26. The van der Waals surface area contributed by atoms with Crippen LogP contribution in [0.5, 0.6) is 0 Å². The molecule has 6 nitrogen and oxygen atoms in total. The number of hydrogen-bond acceptors (Lipinski definition) is 4. The number of anilines is 1. The maximum atomic E-state index is 13.4. The lowest BCUT2D eigenvalue weighted by Crippen LogP contribution is -2.25. The minimum Gasteiger partial charge on any atom is -0.371 e. The Hall–Kier alpha value is -3.45. The first kappa shape index (κ1) is 20.2. The van der Waals surface area contributed by atoms with Crippen molar-refractivity contribution in [3.8, 4) is 28.3 Å². The zero-order chi connectivity index (χ0) is 22.5. The van der Waals surface area contributed by atoms with E-state index in [0.717, 1.165) is 54.5 Å². The second-order valence-electron chi connectivity index (χ2n) is 9.45. The summed E-state index contributed by atoms with van der Waals surface area (Å²) in [5, 5.41) is 8.64. The molecule has 33 heavy (non-hydrogen) atoms. The smallest absolute Gasteiger partial charge is 0.185 e. The highest BCUT2D eigenvalue weighted by molar-refractivity contribution is 5.72. The molecule has 2 aromatic carbocycles. The van der Waals surface area contributed by atoms with Gasteiger partial charge in [0.05, 0.1) is 11.4 Å². The standard InChI is InChI=1S/C26H27FN6/c1-30(2)13-18-9-10-31(14-18)23-7-8-24-21(11-23)16-32-15-20(19-3-5-22(27)6-4-19)12-25(32)26-29-28-17-33(24)26/h3-8,11-12,15,17-18H,9-10,13-14,16H2,1-2H3/t18-/m0/s1. The van der Waals surface area contributed by atoms with Crippen LogP contribution in [-0.2, 0) is 6.54 Å². The molecule has 0 N–H and O–H groups in total. The Morgan fingerprint density at radius 3 is 2.73 bits per heavy atom. The Morgan fingerprint density at radius 1 is 1.06 bits per heavy atom. The summed E-state index contributed by atoms with van der Waals surface area (Å²) >= 11 is 0. The van der Waals surface area contributed by atoms with Crippen molar-refractivity contribution < 1.29 is 4.39 Å². The molecule has 4 aromatic rings. The van der Waals surface area contributed by atoms with Crippen molar-refractivity contribution in [2.45, 2.75) is 13.0 Å². The third-order valence-corrected chi connectivity index (χ3v) is 6.79. The zero-order valence-electron chi connectivity index (χ0n) is 18.9. The second-order valence-corrected chi connectivity index (χ2v) is 9.45. The van der Waals surface area contributed by atoms with Crippen LogP contribution in [0.1, 0.15) is 12.0 Å². The molecule has 2 aliphatic heterocycles. The first-order chi connectivity index (χ1) is 16.0. The van der Waals surface area contributed by atoms with E-state index in [1.807, 2.05) is 12.1 Å². The molecule has 1 atom stereocenters. The van der Waals surface area contributed by atoms with E-state index in [0.29, 0.717) is 5.92 Å². The van der Waals surface area contributed by atoms with Crippen LogP contribution in [0, 0.1) is 11.7 Å². The lowest BCUT2D eigenvalue weighted by molar-refractivity contribution is 0.340. The number of benzene rings is 2. The van der Waals surface area contributed by atoms with E-state index in [4.69, 9.17) is 0 Å². The minimum absolute atomic E-state index is 0.226. The third kappa shape index (κ3) is 3.62. The molecule has 0 unspecified atom stereocenters. The first-order valence-corrected chi connectivity index (χ1v) is 11.4. The molecule has 0 saturated carbocycles. The highest BCUT2D eigenvalue weighted by atomic mass is 19.1. The van der Waals surface area contributed by atoms with Crippen LogP contribution < -0.4 is 4.90 Å². The van der Waals surface area contributed by atoms with Gasteiger partial charge in [0.15, 0.2) is 5.82 Å². The lowest BCUT2D eigenvalue weighted by atomic mass is 10.1. The van der Waals surface area contributed by atoms with Gasteiger partial charge in [-0.05, 0) is 74.0 Å². The van der Waals surface area contributed by atoms with Gasteiger partial charge in [0.2, 0.25) is 0 Å². The molecular formula is C26H27FN6. The topological polar surface area (TPSA) is 42.1 Å². The quantitative estimate of drug-likeness (QED) is 0.416. The van der Waals surface area contributed by atoms with Crippen molar-refractivity contribution in [2.75, 3.05) is 38.6 Å². The SMILES string of the molecule is CN(C)C[C@@H]1CCN(c2ccc3c(c2)Cn2cc(-c4ccc(F)cc4)cc2-c2nncn2-3)C1.